The molecule has 0 aliphatic carbocycles. The molecule has 0 heterocycles. The van der Waals surface area contributed by atoms with Crippen molar-refractivity contribution in [1.29, 1.82) is 0 Å². The SMILES string of the molecule is COc1c(C)cc(CCN)c(O)c1F. The monoisotopic (exact) mass is 199 g/mol. The summed E-state index contributed by atoms with van der Waals surface area (Å²) in [4.78, 5) is 0. The van der Waals surface area contributed by atoms with Gasteiger partial charge in [0.2, 0.25) is 5.82 Å². The lowest BCUT2D eigenvalue weighted by Gasteiger charge is -2.11. The highest BCUT2D eigenvalue weighted by Gasteiger charge is 2.15. The number of aromatic hydroxyl groups is 1. The van der Waals surface area contributed by atoms with Crippen molar-refractivity contribution in [1.82, 2.24) is 0 Å². The molecule has 14 heavy (non-hydrogen) atoms. The molecule has 0 amide bonds. The summed E-state index contributed by atoms with van der Waals surface area (Å²) in [5.41, 5.74) is 6.51. The maximum absolute atomic E-state index is 13.4. The molecule has 1 rings (SSSR count). The number of nitrogens with two attached hydrogens (primary N) is 1. The predicted octanol–water partition coefficient (Wildman–Crippen LogP) is 1.35. The van der Waals surface area contributed by atoms with E-state index in [2.05, 4.69) is 0 Å². The van der Waals surface area contributed by atoms with Crippen molar-refractivity contribution < 1.29 is 14.2 Å². The molecule has 0 atom stereocenters. The molecular formula is C10H14FNO2. The van der Waals surface area contributed by atoms with Gasteiger partial charge in [0, 0.05) is 0 Å². The standard InChI is InChI=1S/C10H14FNO2/c1-6-5-7(3-4-12)9(13)8(11)10(6)14-2/h5,13H,3-4,12H2,1-2H3. The molecule has 0 radical (unpaired) electrons. The van der Waals surface area contributed by atoms with Gasteiger partial charge in [0.25, 0.3) is 0 Å². The third kappa shape index (κ3) is 1.80. The molecule has 4 heteroatoms. The zero-order chi connectivity index (χ0) is 10.7. The van der Waals surface area contributed by atoms with E-state index in [0.29, 0.717) is 24.1 Å². The van der Waals surface area contributed by atoms with Crippen molar-refractivity contribution >= 4 is 0 Å². The van der Waals surface area contributed by atoms with Crippen LogP contribution >= 0.6 is 0 Å². The van der Waals surface area contributed by atoms with E-state index >= 15 is 0 Å². The number of halogens is 1. The minimum atomic E-state index is -0.712. The summed E-state index contributed by atoms with van der Waals surface area (Å²) >= 11 is 0. The van der Waals surface area contributed by atoms with E-state index in [1.807, 2.05) is 0 Å². The second-order valence-corrected chi connectivity index (χ2v) is 3.09. The highest BCUT2D eigenvalue weighted by Crippen LogP contribution is 2.32. The van der Waals surface area contributed by atoms with Crippen molar-refractivity contribution in [3.8, 4) is 11.5 Å². The Morgan fingerprint density at radius 3 is 2.71 bits per heavy atom. The van der Waals surface area contributed by atoms with Crippen molar-refractivity contribution in [2.45, 2.75) is 13.3 Å². The van der Waals surface area contributed by atoms with Crippen LogP contribution in [0.15, 0.2) is 6.07 Å². The molecule has 0 saturated heterocycles. The fourth-order valence-electron chi connectivity index (χ4n) is 1.41. The van der Waals surface area contributed by atoms with Gasteiger partial charge in [-0.15, -0.1) is 0 Å². The molecule has 1 aromatic rings. The number of benzene rings is 1. The topological polar surface area (TPSA) is 55.5 Å². The van der Waals surface area contributed by atoms with Crippen LogP contribution in [0, 0.1) is 12.7 Å². The zero-order valence-electron chi connectivity index (χ0n) is 8.30. The Morgan fingerprint density at radius 1 is 1.57 bits per heavy atom. The average Bonchev–Trinajstić information content (AvgIpc) is 2.15. The molecular weight excluding hydrogens is 185 g/mol. The summed E-state index contributed by atoms with van der Waals surface area (Å²) in [6, 6.07) is 1.68. The van der Waals surface area contributed by atoms with Crippen LogP contribution in [0.1, 0.15) is 11.1 Å². The van der Waals surface area contributed by atoms with E-state index in [4.69, 9.17) is 10.5 Å². The zero-order valence-corrected chi connectivity index (χ0v) is 8.30. The van der Waals surface area contributed by atoms with Crippen molar-refractivity contribution in [3.05, 3.63) is 23.0 Å². The van der Waals surface area contributed by atoms with Gasteiger partial charge in [-0.1, -0.05) is 0 Å². The first-order chi connectivity index (χ1) is 6.61. The molecule has 3 nitrogen and oxygen atoms in total. The number of aryl methyl sites for hydroxylation is 1. The van der Waals surface area contributed by atoms with Crippen LogP contribution in [-0.2, 0) is 6.42 Å². The lowest BCUT2D eigenvalue weighted by Crippen LogP contribution is -2.04. The first kappa shape index (κ1) is 10.8. The summed E-state index contributed by atoms with van der Waals surface area (Å²) in [7, 11) is 1.37. The fourth-order valence-corrected chi connectivity index (χ4v) is 1.41. The van der Waals surface area contributed by atoms with Gasteiger partial charge in [0.1, 0.15) is 0 Å². The number of ether oxygens (including phenoxy) is 1. The van der Waals surface area contributed by atoms with E-state index in [-0.39, 0.29) is 11.5 Å². The Hall–Kier alpha value is -1.29. The predicted molar refractivity (Wildman–Crippen MR) is 52.1 cm³/mol. The summed E-state index contributed by atoms with van der Waals surface area (Å²) in [6.45, 7) is 2.10. The number of rotatable bonds is 3. The molecule has 0 fully saturated rings. The highest BCUT2D eigenvalue weighted by molar-refractivity contribution is 5.47. The first-order valence-corrected chi connectivity index (χ1v) is 4.36. The molecule has 78 valence electrons. The Kier molecular flexibility index (Phi) is 3.30. The van der Waals surface area contributed by atoms with Crippen LogP contribution in [0.3, 0.4) is 0 Å². The van der Waals surface area contributed by atoms with Crippen molar-refractivity contribution in [3.63, 3.8) is 0 Å². The molecule has 1 aromatic carbocycles. The fraction of sp³-hybridized carbons (Fsp3) is 0.400. The number of hydrogen-bond donors (Lipinski definition) is 2. The van der Waals surface area contributed by atoms with E-state index in [9.17, 15) is 9.50 Å². The summed E-state index contributed by atoms with van der Waals surface area (Å²) < 4.78 is 18.3. The largest absolute Gasteiger partial charge is 0.505 e. The minimum absolute atomic E-state index is 0.0864. The van der Waals surface area contributed by atoms with Gasteiger partial charge in [0.15, 0.2) is 11.5 Å². The number of phenolic OH excluding ortho intramolecular Hbond substituents is 1. The van der Waals surface area contributed by atoms with Gasteiger partial charge in [-0.2, -0.15) is 4.39 Å². The molecule has 3 N–H and O–H groups in total. The van der Waals surface area contributed by atoms with Crippen LogP contribution in [-0.4, -0.2) is 18.8 Å². The Labute approximate surface area is 82.3 Å². The normalized spacial score (nSPS) is 10.3. The van der Waals surface area contributed by atoms with E-state index in [1.54, 1.807) is 13.0 Å². The van der Waals surface area contributed by atoms with Crippen LogP contribution in [0.5, 0.6) is 11.5 Å². The average molecular weight is 199 g/mol. The van der Waals surface area contributed by atoms with Gasteiger partial charge in [0.05, 0.1) is 7.11 Å². The van der Waals surface area contributed by atoms with Gasteiger partial charge < -0.3 is 15.6 Å². The van der Waals surface area contributed by atoms with Crippen LogP contribution in [0.2, 0.25) is 0 Å². The first-order valence-electron chi connectivity index (χ1n) is 4.36. The lowest BCUT2D eigenvalue weighted by molar-refractivity contribution is 0.359. The molecule has 0 unspecified atom stereocenters. The smallest absolute Gasteiger partial charge is 0.207 e. The molecule has 0 aliphatic rings. The second kappa shape index (κ2) is 4.28. The summed E-state index contributed by atoms with van der Waals surface area (Å²) in [5, 5.41) is 9.45. The Bertz CT molecular complexity index is 339. The Balaban J connectivity index is 3.25. The quantitative estimate of drug-likeness (QED) is 0.772. The van der Waals surface area contributed by atoms with Gasteiger partial charge in [-0.25, -0.2) is 0 Å². The number of hydrogen-bond acceptors (Lipinski definition) is 3. The number of methoxy groups -OCH3 is 1. The van der Waals surface area contributed by atoms with E-state index < -0.39 is 5.82 Å². The highest BCUT2D eigenvalue weighted by atomic mass is 19.1. The van der Waals surface area contributed by atoms with Crippen LogP contribution in [0.4, 0.5) is 4.39 Å². The molecule has 0 aliphatic heterocycles. The van der Waals surface area contributed by atoms with Crippen molar-refractivity contribution in [2.24, 2.45) is 5.73 Å². The second-order valence-electron chi connectivity index (χ2n) is 3.09. The maximum atomic E-state index is 13.4. The Morgan fingerprint density at radius 2 is 2.21 bits per heavy atom. The van der Waals surface area contributed by atoms with Crippen LogP contribution in [0.25, 0.3) is 0 Å². The van der Waals surface area contributed by atoms with E-state index in [0.717, 1.165) is 0 Å². The maximum Gasteiger partial charge on any atom is 0.207 e. The third-order valence-corrected chi connectivity index (χ3v) is 2.08. The molecule has 0 spiro atoms. The number of phenols is 1. The van der Waals surface area contributed by atoms with Gasteiger partial charge in [-0.05, 0) is 37.1 Å². The van der Waals surface area contributed by atoms with E-state index in [1.165, 1.54) is 7.11 Å². The molecule has 0 saturated carbocycles. The third-order valence-electron chi connectivity index (χ3n) is 2.08. The molecule has 0 aromatic heterocycles. The van der Waals surface area contributed by atoms with Crippen molar-refractivity contribution in [2.75, 3.05) is 13.7 Å². The summed E-state index contributed by atoms with van der Waals surface area (Å²) in [6.07, 6.45) is 0.452. The summed E-state index contributed by atoms with van der Waals surface area (Å²) in [5.74, 6) is -0.989. The molecule has 0 bridgehead atoms. The van der Waals surface area contributed by atoms with Gasteiger partial charge in [-0.3, -0.25) is 0 Å². The van der Waals surface area contributed by atoms with Gasteiger partial charge >= 0.3 is 0 Å². The lowest BCUT2D eigenvalue weighted by atomic mass is 10.1. The van der Waals surface area contributed by atoms with Crippen LogP contribution < -0.4 is 10.5 Å². The minimum Gasteiger partial charge on any atom is -0.505 e.